The Kier molecular flexibility index (Phi) is 4.09. The first-order valence-corrected chi connectivity index (χ1v) is 5.72. The Hall–Kier alpha value is -3.14. The molecule has 0 unspecified atom stereocenters. The zero-order valence-corrected chi connectivity index (χ0v) is 10.4. The molecule has 0 bridgehead atoms. The Labute approximate surface area is 114 Å². The number of nitrogens with one attached hydrogen (secondary N) is 2. The smallest absolute Gasteiger partial charge is 0.322 e. The maximum atomic E-state index is 10.4. The molecule has 20 heavy (non-hydrogen) atoms. The fourth-order valence-corrected chi connectivity index (χ4v) is 1.46. The topological polar surface area (TPSA) is 111 Å². The van der Waals surface area contributed by atoms with E-state index in [4.69, 9.17) is 10.4 Å². The molecule has 0 saturated carbocycles. The van der Waals surface area contributed by atoms with Crippen LogP contribution in [0.4, 0.5) is 17.3 Å². The lowest BCUT2D eigenvalue weighted by atomic mass is 10.2. The van der Waals surface area contributed by atoms with Crippen LogP contribution in [0, 0.1) is 11.3 Å². The maximum absolute atomic E-state index is 10.4. The summed E-state index contributed by atoms with van der Waals surface area (Å²) in [4.78, 5) is 18.5. The summed E-state index contributed by atoms with van der Waals surface area (Å²) in [6.45, 7) is -0.217. The zero-order valence-electron chi connectivity index (χ0n) is 10.4. The number of aliphatic carboxylic acids is 1. The highest BCUT2D eigenvalue weighted by Crippen LogP contribution is 2.15. The van der Waals surface area contributed by atoms with Gasteiger partial charge in [-0.2, -0.15) is 5.26 Å². The van der Waals surface area contributed by atoms with E-state index in [1.165, 1.54) is 12.4 Å². The van der Waals surface area contributed by atoms with E-state index in [9.17, 15) is 4.79 Å². The van der Waals surface area contributed by atoms with Crippen LogP contribution in [-0.4, -0.2) is 27.6 Å². The lowest BCUT2D eigenvalue weighted by Gasteiger charge is -2.06. The molecule has 0 aliphatic carbocycles. The van der Waals surface area contributed by atoms with Crippen molar-refractivity contribution in [1.82, 2.24) is 9.97 Å². The van der Waals surface area contributed by atoms with E-state index in [1.54, 1.807) is 24.3 Å². The third kappa shape index (κ3) is 3.68. The molecule has 1 heterocycles. The Morgan fingerprint density at radius 2 is 2.05 bits per heavy atom. The van der Waals surface area contributed by atoms with Crippen molar-refractivity contribution in [3.8, 4) is 6.07 Å². The Morgan fingerprint density at radius 3 is 2.70 bits per heavy atom. The van der Waals surface area contributed by atoms with E-state index in [-0.39, 0.29) is 6.54 Å². The van der Waals surface area contributed by atoms with E-state index in [0.29, 0.717) is 17.2 Å². The van der Waals surface area contributed by atoms with Gasteiger partial charge in [-0.25, -0.2) is 9.97 Å². The number of hydrogen-bond acceptors (Lipinski definition) is 6. The van der Waals surface area contributed by atoms with E-state index < -0.39 is 5.97 Å². The lowest BCUT2D eigenvalue weighted by molar-refractivity contribution is -0.134. The predicted octanol–water partition coefficient (Wildman–Crippen LogP) is 1.59. The van der Waals surface area contributed by atoms with E-state index in [1.807, 2.05) is 6.07 Å². The second-order valence-electron chi connectivity index (χ2n) is 3.85. The second-order valence-corrected chi connectivity index (χ2v) is 3.85. The summed E-state index contributed by atoms with van der Waals surface area (Å²) in [6, 6.07) is 9.01. The van der Waals surface area contributed by atoms with Crippen molar-refractivity contribution in [2.24, 2.45) is 0 Å². The summed E-state index contributed by atoms with van der Waals surface area (Å²) in [5, 5.41) is 22.9. The molecule has 7 nitrogen and oxygen atoms in total. The van der Waals surface area contributed by atoms with Crippen LogP contribution in [-0.2, 0) is 4.79 Å². The average molecular weight is 269 g/mol. The van der Waals surface area contributed by atoms with Gasteiger partial charge in [-0.15, -0.1) is 0 Å². The molecule has 0 radical (unpaired) electrons. The first-order chi connectivity index (χ1) is 9.67. The summed E-state index contributed by atoms with van der Waals surface area (Å²) in [5.74, 6) is -0.0907. The number of anilines is 3. The summed E-state index contributed by atoms with van der Waals surface area (Å²) in [5.41, 5.74) is 1.27. The van der Waals surface area contributed by atoms with Crippen LogP contribution in [0.25, 0.3) is 0 Å². The number of hydrogen-bond donors (Lipinski definition) is 3. The number of rotatable bonds is 5. The number of benzene rings is 1. The molecule has 3 N–H and O–H groups in total. The second kappa shape index (κ2) is 6.15. The summed E-state index contributed by atoms with van der Waals surface area (Å²) in [6.07, 6.45) is 2.91. The molecule has 0 aliphatic rings. The van der Waals surface area contributed by atoms with Crippen LogP contribution in [0.2, 0.25) is 0 Å². The van der Waals surface area contributed by atoms with Gasteiger partial charge in [0, 0.05) is 5.69 Å². The van der Waals surface area contributed by atoms with Gasteiger partial charge in [0.05, 0.1) is 24.0 Å². The number of carboxylic acid groups (broad SMARTS) is 1. The Balaban J connectivity index is 2.03. The molecule has 0 atom stereocenters. The fourth-order valence-electron chi connectivity index (χ4n) is 1.46. The van der Waals surface area contributed by atoms with Gasteiger partial charge < -0.3 is 15.7 Å². The number of nitrogens with zero attached hydrogens (tertiary/aromatic N) is 3. The highest BCUT2D eigenvalue weighted by molar-refractivity contribution is 5.72. The first-order valence-electron chi connectivity index (χ1n) is 5.72. The van der Waals surface area contributed by atoms with E-state index in [0.717, 1.165) is 5.69 Å². The molecule has 0 fully saturated rings. The minimum absolute atomic E-state index is 0.217. The predicted molar refractivity (Wildman–Crippen MR) is 72.6 cm³/mol. The Morgan fingerprint density at radius 1 is 1.30 bits per heavy atom. The van der Waals surface area contributed by atoms with Crippen LogP contribution in [0.5, 0.6) is 0 Å². The molecule has 1 aromatic carbocycles. The molecule has 0 amide bonds. The van der Waals surface area contributed by atoms with Crippen LogP contribution in [0.15, 0.2) is 36.7 Å². The van der Waals surface area contributed by atoms with E-state index in [2.05, 4.69) is 20.6 Å². The Bertz CT molecular complexity index is 649. The van der Waals surface area contributed by atoms with Crippen molar-refractivity contribution in [3.05, 3.63) is 42.2 Å². The van der Waals surface area contributed by atoms with Crippen molar-refractivity contribution >= 4 is 23.3 Å². The standard InChI is InChI=1S/C13H11N5O2/c14-5-9-2-1-3-10(4-9)18-12-7-15-11(6-16-12)17-8-13(19)20/h1-4,6-7H,8H2,(H,15,17)(H,16,18)(H,19,20). The lowest BCUT2D eigenvalue weighted by Crippen LogP contribution is -2.13. The molecular formula is C13H11N5O2. The average Bonchev–Trinajstić information content (AvgIpc) is 2.47. The first kappa shape index (κ1) is 13.3. The van der Waals surface area contributed by atoms with Crippen molar-refractivity contribution in [2.45, 2.75) is 0 Å². The molecule has 7 heteroatoms. The number of carbonyl (C=O) groups is 1. The third-order valence-electron chi connectivity index (χ3n) is 2.34. The van der Waals surface area contributed by atoms with Crippen molar-refractivity contribution < 1.29 is 9.90 Å². The number of nitriles is 1. The van der Waals surface area contributed by atoms with Gasteiger partial charge >= 0.3 is 5.97 Å². The quantitative estimate of drug-likeness (QED) is 0.755. The molecule has 0 aliphatic heterocycles. The maximum Gasteiger partial charge on any atom is 0.322 e. The number of aromatic nitrogens is 2. The molecule has 2 aromatic rings. The highest BCUT2D eigenvalue weighted by atomic mass is 16.4. The van der Waals surface area contributed by atoms with Crippen LogP contribution < -0.4 is 10.6 Å². The van der Waals surface area contributed by atoms with Crippen molar-refractivity contribution in [3.63, 3.8) is 0 Å². The van der Waals surface area contributed by atoms with Gasteiger partial charge in [0.15, 0.2) is 0 Å². The third-order valence-corrected chi connectivity index (χ3v) is 2.34. The van der Waals surface area contributed by atoms with Gasteiger partial charge in [0.2, 0.25) is 0 Å². The molecule has 1 aromatic heterocycles. The highest BCUT2D eigenvalue weighted by Gasteiger charge is 2.01. The SMILES string of the molecule is N#Cc1cccc(Nc2cnc(NCC(=O)O)cn2)c1. The summed E-state index contributed by atoms with van der Waals surface area (Å²) < 4.78 is 0. The van der Waals surface area contributed by atoms with Gasteiger partial charge in [0.1, 0.15) is 18.2 Å². The van der Waals surface area contributed by atoms with E-state index >= 15 is 0 Å². The van der Waals surface area contributed by atoms with Crippen molar-refractivity contribution in [1.29, 1.82) is 5.26 Å². The summed E-state index contributed by atoms with van der Waals surface area (Å²) in [7, 11) is 0. The molecular weight excluding hydrogens is 258 g/mol. The normalized spacial score (nSPS) is 9.55. The molecule has 0 saturated heterocycles. The zero-order chi connectivity index (χ0) is 14.4. The minimum Gasteiger partial charge on any atom is -0.480 e. The largest absolute Gasteiger partial charge is 0.480 e. The van der Waals surface area contributed by atoms with Gasteiger partial charge in [-0.05, 0) is 18.2 Å². The fraction of sp³-hybridized carbons (Fsp3) is 0.0769. The van der Waals surface area contributed by atoms with Crippen molar-refractivity contribution in [2.75, 3.05) is 17.2 Å². The molecule has 100 valence electrons. The number of carboxylic acids is 1. The molecule has 0 spiro atoms. The van der Waals surface area contributed by atoms with Crippen LogP contribution >= 0.6 is 0 Å². The monoisotopic (exact) mass is 269 g/mol. The molecule has 2 rings (SSSR count). The van der Waals surface area contributed by atoms with Gasteiger partial charge in [-0.1, -0.05) is 6.07 Å². The van der Waals surface area contributed by atoms with Gasteiger partial charge in [-0.3, -0.25) is 4.79 Å². The minimum atomic E-state index is -0.970. The van der Waals surface area contributed by atoms with Crippen LogP contribution in [0.3, 0.4) is 0 Å². The van der Waals surface area contributed by atoms with Crippen LogP contribution in [0.1, 0.15) is 5.56 Å². The van der Waals surface area contributed by atoms with Gasteiger partial charge in [0.25, 0.3) is 0 Å². The summed E-state index contributed by atoms with van der Waals surface area (Å²) >= 11 is 0.